The molecule has 8 heteroatoms. The number of rotatable bonds is 8. The molecule has 4 aromatic rings. The number of carbonyl (C=O) groups excluding carboxylic acids is 3. The predicted molar refractivity (Wildman–Crippen MR) is 134 cm³/mol. The van der Waals surface area contributed by atoms with E-state index in [1.54, 1.807) is 24.3 Å². The third kappa shape index (κ3) is 4.37. The zero-order chi connectivity index (χ0) is 25.1. The van der Waals surface area contributed by atoms with Crippen molar-refractivity contribution in [2.75, 3.05) is 13.6 Å². The van der Waals surface area contributed by atoms with E-state index in [4.69, 9.17) is 0 Å². The number of benzene rings is 1. The smallest absolute Gasteiger partial charge is 0.240 e. The minimum Gasteiger partial charge on any atom is -0.340 e. The summed E-state index contributed by atoms with van der Waals surface area (Å²) in [7, 11) is 1.71. The summed E-state index contributed by atoms with van der Waals surface area (Å²) in [6.45, 7) is 0.565. The van der Waals surface area contributed by atoms with Crippen LogP contribution in [0.15, 0.2) is 85.3 Å². The Labute approximate surface area is 209 Å². The molecule has 0 aliphatic carbocycles. The average molecular weight is 482 g/mol. The van der Waals surface area contributed by atoms with E-state index in [0.29, 0.717) is 18.5 Å². The summed E-state index contributed by atoms with van der Waals surface area (Å²) in [4.78, 5) is 52.0. The molecular formula is C28H27N5O3. The molecule has 8 nitrogen and oxygen atoms in total. The fraction of sp³-hybridized carbons (Fsp3) is 0.250. The van der Waals surface area contributed by atoms with E-state index in [1.807, 2.05) is 77.3 Å². The van der Waals surface area contributed by atoms with Gasteiger partial charge in [-0.1, -0.05) is 42.5 Å². The van der Waals surface area contributed by atoms with E-state index in [9.17, 15) is 14.4 Å². The normalized spacial score (nSPS) is 17.6. The van der Waals surface area contributed by atoms with Gasteiger partial charge in [-0.15, -0.1) is 0 Å². The number of aromatic nitrogens is 3. The fourth-order valence-electron chi connectivity index (χ4n) is 4.85. The van der Waals surface area contributed by atoms with Gasteiger partial charge >= 0.3 is 0 Å². The Morgan fingerprint density at radius 1 is 1.00 bits per heavy atom. The monoisotopic (exact) mass is 481 g/mol. The van der Waals surface area contributed by atoms with Crippen LogP contribution in [0.3, 0.4) is 0 Å². The van der Waals surface area contributed by atoms with Crippen LogP contribution in [0.4, 0.5) is 0 Å². The Morgan fingerprint density at radius 3 is 2.56 bits per heavy atom. The van der Waals surface area contributed by atoms with Crippen molar-refractivity contribution >= 4 is 23.4 Å². The first kappa shape index (κ1) is 23.4. The summed E-state index contributed by atoms with van der Waals surface area (Å²) in [5.41, 5.74) is 1.92. The largest absolute Gasteiger partial charge is 0.340 e. The molecule has 0 unspecified atom stereocenters. The fourth-order valence-corrected chi connectivity index (χ4v) is 4.85. The lowest BCUT2D eigenvalue weighted by atomic mass is 9.75. The van der Waals surface area contributed by atoms with Gasteiger partial charge in [0.05, 0.1) is 23.9 Å². The molecule has 0 N–H and O–H groups in total. The number of hydrogen-bond donors (Lipinski definition) is 0. The zero-order valence-corrected chi connectivity index (χ0v) is 20.1. The molecule has 3 aromatic heterocycles. The van der Waals surface area contributed by atoms with Crippen molar-refractivity contribution in [2.45, 2.75) is 31.2 Å². The second kappa shape index (κ2) is 9.73. The number of hydrogen-bond acceptors (Lipinski definition) is 5. The van der Waals surface area contributed by atoms with Gasteiger partial charge in [-0.3, -0.25) is 24.3 Å². The van der Waals surface area contributed by atoms with Crippen LogP contribution in [0.25, 0.3) is 5.65 Å². The number of imide groups is 1. The molecule has 1 atom stereocenters. The molecule has 0 spiro atoms. The quantitative estimate of drug-likeness (QED) is 0.361. The topological polar surface area (TPSA) is 87.9 Å². The lowest BCUT2D eigenvalue weighted by molar-refractivity contribution is -0.142. The lowest BCUT2D eigenvalue weighted by Crippen LogP contribution is -2.43. The average Bonchev–Trinajstić information content (AvgIpc) is 3.42. The molecule has 1 aliphatic rings. The van der Waals surface area contributed by atoms with E-state index < -0.39 is 5.41 Å². The minimum absolute atomic E-state index is 0.0345. The summed E-state index contributed by atoms with van der Waals surface area (Å²) in [6, 6.07) is 20.5. The van der Waals surface area contributed by atoms with Crippen molar-refractivity contribution < 1.29 is 14.4 Å². The molecule has 1 fully saturated rings. The van der Waals surface area contributed by atoms with Crippen molar-refractivity contribution in [3.8, 4) is 0 Å². The highest BCUT2D eigenvalue weighted by molar-refractivity contribution is 6.10. The summed E-state index contributed by atoms with van der Waals surface area (Å²) < 4.78 is 1.93. The van der Waals surface area contributed by atoms with E-state index in [0.717, 1.165) is 17.0 Å². The molecule has 0 saturated carbocycles. The predicted octanol–water partition coefficient (Wildman–Crippen LogP) is 3.02. The molecule has 0 bridgehead atoms. The van der Waals surface area contributed by atoms with Crippen LogP contribution in [0.1, 0.15) is 29.8 Å². The Bertz CT molecular complexity index is 1400. The summed E-state index contributed by atoms with van der Waals surface area (Å²) in [5, 5.41) is 0. The van der Waals surface area contributed by atoms with Gasteiger partial charge in [-0.25, -0.2) is 4.98 Å². The van der Waals surface area contributed by atoms with Gasteiger partial charge in [0.25, 0.3) is 0 Å². The van der Waals surface area contributed by atoms with Crippen LogP contribution in [0, 0.1) is 0 Å². The van der Waals surface area contributed by atoms with Crippen LogP contribution in [-0.2, 0) is 32.8 Å². The van der Waals surface area contributed by atoms with Gasteiger partial charge in [-0.05, 0) is 29.8 Å². The van der Waals surface area contributed by atoms with Gasteiger partial charge < -0.3 is 9.30 Å². The Hall–Kier alpha value is -4.33. The van der Waals surface area contributed by atoms with Crippen molar-refractivity contribution in [2.24, 2.45) is 0 Å². The zero-order valence-electron chi connectivity index (χ0n) is 20.1. The van der Waals surface area contributed by atoms with Crippen molar-refractivity contribution in [3.63, 3.8) is 0 Å². The summed E-state index contributed by atoms with van der Waals surface area (Å²) in [6.07, 6.45) is 5.68. The second-order valence-corrected chi connectivity index (χ2v) is 9.15. The molecule has 1 aliphatic heterocycles. The number of amides is 3. The van der Waals surface area contributed by atoms with Crippen LogP contribution >= 0.6 is 0 Å². The van der Waals surface area contributed by atoms with Crippen LogP contribution in [-0.4, -0.2) is 55.5 Å². The Morgan fingerprint density at radius 2 is 1.78 bits per heavy atom. The van der Waals surface area contributed by atoms with Gasteiger partial charge in [0.2, 0.25) is 17.7 Å². The van der Waals surface area contributed by atoms with Crippen molar-refractivity contribution in [1.29, 1.82) is 0 Å². The van der Waals surface area contributed by atoms with E-state index in [2.05, 4.69) is 9.97 Å². The standard InChI is InChI=1S/C28H27N5O3/c1-31(20-23-19-30-24-12-6-8-15-32(23)24)25(34)17-28(21-9-3-2-4-10-21)18-26(35)33(27(28)36)16-13-22-11-5-7-14-29-22/h2-12,14-15,19H,13,16-18,20H2,1H3/t28-/m1/s1. The molecule has 3 amide bonds. The first-order valence-corrected chi connectivity index (χ1v) is 11.9. The second-order valence-electron chi connectivity index (χ2n) is 9.15. The number of likely N-dealkylation sites (tertiary alicyclic amines) is 1. The van der Waals surface area contributed by atoms with Gasteiger partial charge in [0.1, 0.15) is 5.65 Å². The molecule has 5 rings (SSSR count). The van der Waals surface area contributed by atoms with Crippen LogP contribution < -0.4 is 0 Å². The van der Waals surface area contributed by atoms with Gasteiger partial charge in [-0.2, -0.15) is 0 Å². The molecule has 1 aromatic carbocycles. The van der Waals surface area contributed by atoms with Gasteiger partial charge in [0, 0.05) is 50.9 Å². The first-order chi connectivity index (χ1) is 17.5. The molecule has 36 heavy (non-hydrogen) atoms. The minimum atomic E-state index is -1.23. The van der Waals surface area contributed by atoms with E-state index >= 15 is 0 Å². The first-order valence-electron chi connectivity index (χ1n) is 11.9. The SMILES string of the molecule is CN(Cc1cnc2ccccn12)C(=O)C[C@]1(c2ccccc2)CC(=O)N(CCc2ccccn2)C1=O. The molecule has 182 valence electrons. The molecular weight excluding hydrogens is 454 g/mol. The number of carbonyl (C=O) groups is 3. The lowest BCUT2D eigenvalue weighted by Gasteiger charge is -2.29. The summed E-state index contributed by atoms with van der Waals surface area (Å²) >= 11 is 0. The molecule has 1 saturated heterocycles. The maximum absolute atomic E-state index is 13.8. The maximum Gasteiger partial charge on any atom is 0.240 e. The molecule has 4 heterocycles. The number of fused-ring (bicyclic) bond motifs is 1. The highest BCUT2D eigenvalue weighted by Crippen LogP contribution is 2.40. The number of nitrogens with zero attached hydrogens (tertiary/aromatic N) is 5. The maximum atomic E-state index is 13.8. The summed E-state index contributed by atoms with van der Waals surface area (Å²) in [5.74, 6) is -0.805. The van der Waals surface area contributed by atoms with E-state index in [-0.39, 0.29) is 37.1 Å². The van der Waals surface area contributed by atoms with Gasteiger partial charge in [0.15, 0.2) is 0 Å². The van der Waals surface area contributed by atoms with E-state index in [1.165, 1.54) is 4.90 Å². The number of pyridine rings is 2. The van der Waals surface area contributed by atoms with Crippen molar-refractivity contribution in [1.82, 2.24) is 24.2 Å². The number of imidazole rings is 1. The third-order valence-electron chi connectivity index (χ3n) is 6.82. The van der Waals surface area contributed by atoms with Crippen LogP contribution in [0.2, 0.25) is 0 Å². The Kier molecular flexibility index (Phi) is 6.33. The third-order valence-corrected chi connectivity index (χ3v) is 6.82. The molecule has 0 radical (unpaired) electrons. The Balaban J connectivity index is 1.38. The van der Waals surface area contributed by atoms with Crippen LogP contribution in [0.5, 0.6) is 0 Å². The van der Waals surface area contributed by atoms with Crippen molar-refractivity contribution in [3.05, 3.63) is 102 Å². The highest BCUT2D eigenvalue weighted by atomic mass is 16.2. The highest BCUT2D eigenvalue weighted by Gasteiger charge is 2.53.